The van der Waals surface area contributed by atoms with E-state index in [9.17, 15) is 4.39 Å². The van der Waals surface area contributed by atoms with Crippen molar-refractivity contribution in [3.63, 3.8) is 0 Å². The van der Waals surface area contributed by atoms with E-state index in [1.165, 1.54) is 6.20 Å². The minimum atomic E-state index is -0.539. The van der Waals surface area contributed by atoms with Crippen LogP contribution in [0.5, 0.6) is 5.75 Å². The van der Waals surface area contributed by atoms with Crippen LogP contribution in [0.1, 0.15) is 5.56 Å². The molecule has 2 aromatic carbocycles. The van der Waals surface area contributed by atoms with Gasteiger partial charge in [-0.1, -0.05) is 54.1 Å². The molecular formula is C18H13ClFNO. The highest BCUT2D eigenvalue weighted by atomic mass is 35.5. The molecule has 1 heterocycles. The molecule has 3 rings (SSSR count). The predicted octanol–water partition coefficient (Wildman–Crippen LogP) is 5.12. The summed E-state index contributed by atoms with van der Waals surface area (Å²) in [6.45, 7) is 0.493. The topological polar surface area (TPSA) is 22.1 Å². The Hall–Kier alpha value is -2.39. The molecule has 0 aliphatic rings. The van der Waals surface area contributed by atoms with E-state index in [-0.39, 0.29) is 0 Å². The van der Waals surface area contributed by atoms with Crippen LogP contribution in [-0.2, 0) is 6.61 Å². The number of hydrogen-bond donors (Lipinski definition) is 0. The molecule has 0 atom stereocenters. The van der Waals surface area contributed by atoms with Crippen molar-refractivity contribution in [3.8, 4) is 16.9 Å². The molecule has 2 nitrogen and oxygen atoms in total. The molecule has 0 N–H and O–H groups in total. The monoisotopic (exact) mass is 313 g/mol. The quantitative estimate of drug-likeness (QED) is 0.624. The van der Waals surface area contributed by atoms with Gasteiger partial charge >= 0.3 is 0 Å². The van der Waals surface area contributed by atoms with Gasteiger partial charge in [0.2, 0.25) is 5.95 Å². The molecule has 0 aliphatic heterocycles. The molecule has 0 saturated carbocycles. The summed E-state index contributed by atoms with van der Waals surface area (Å²) in [4.78, 5) is 3.62. The third kappa shape index (κ3) is 3.43. The number of aromatic nitrogens is 1. The fraction of sp³-hybridized carbons (Fsp3) is 0.0556. The van der Waals surface area contributed by atoms with E-state index in [4.69, 9.17) is 16.3 Å². The molecule has 0 fully saturated rings. The van der Waals surface area contributed by atoms with Crippen LogP contribution in [0, 0.1) is 5.95 Å². The first-order valence-corrected chi connectivity index (χ1v) is 7.18. The van der Waals surface area contributed by atoms with E-state index in [2.05, 4.69) is 4.98 Å². The third-order valence-electron chi connectivity index (χ3n) is 3.22. The van der Waals surface area contributed by atoms with Crippen molar-refractivity contribution in [2.45, 2.75) is 6.61 Å². The first-order chi connectivity index (χ1) is 10.7. The molecule has 0 aliphatic carbocycles. The fourth-order valence-electron chi connectivity index (χ4n) is 2.10. The van der Waals surface area contributed by atoms with Crippen LogP contribution in [0.3, 0.4) is 0 Å². The van der Waals surface area contributed by atoms with Crippen molar-refractivity contribution in [2.75, 3.05) is 0 Å². The van der Waals surface area contributed by atoms with E-state index < -0.39 is 5.95 Å². The van der Waals surface area contributed by atoms with E-state index >= 15 is 0 Å². The van der Waals surface area contributed by atoms with Crippen LogP contribution in [-0.4, -0.2) is 4.98 Å². The standard InChI is InChI=1S/C18H13ClFNO/c19-15-10-17(18(20)21-11-15)14-6-8-16(9-7-14)22-12-13-4-2-1-3-5-13/h1-11H,12H2. The Labute approximate surface area is 133 Å². The summed E-state index contributed by atoms with van der Waals surface area (Å²) < 4.78 is 19.4. The Kier molecular flexibility index (Phi) is 4.35. The van der Waals surface area contributed by atoms with E-state index in [0.717, 1.165) is 11.3 Å². The second-order valence-electron chi connectivity index (χ2n) is 4.79. The van der Waals surface area contributed by atoms with Gasteiger partial charge < -0.3 is 4.74 Å². The molecule has 22 heavy (non-hydrogen) atoms. The van der Waals surface area contributed by atoms with Crippen molar-refractivity contribution >= 4 is 11.6 Å². The zero-order chi connectivity index (χ0) is 15.4. The summed E-state index contributed by atoms with van der Waals surface area (Å²) in [6.07, 6.45) is 1.29. The van der Waals surface area contributed by atoms with Gasteiger partial charge in [0.1, 0.15) is 12.4 Å². The molecule has 0 amide bonds. The van der Waals surface area contributed by atoms with Gasteiger partial charge in [-0.05, 0) is 29.3 Å². The Balaban J connectivity index is 1.74. The second kappa shape index (κ2) is 6.58. The number of halogens is 2. The molecule has 0 radical (unpaired) electrons. The lowest BCUT2D eigenvalue weighted by Crippen LogP contribution is -1.95. The van der Waals surface area contributed by atoms with Gasteiger partial charge in [0.15, 0.2) is 0 Å². The number of benzene rings is 2. The van der Waals surface area contributed by atoms with Crippen molar-refractivity contribution in [1.29, 1.82) is 0 Å². The van der Waals surface area contributed by atoms with Gasteiger partial charge in [0.25, 0.3) is 0 Å². The molecule has 110 valence electrons. The maximum atomic E-state index is 13.7. The van der Waals surface area contributed by atoms with Crippen LogP contribution in [0.4, 0.5) is 4.39 Å². The molecule has 0 unspecified atom stereocenters. The van der Waals surface area contributed by atoms with Gasteiger partial charge in [0, 0.05) is 11.8 Å². The van der Waals surface area contributed by atoms with Crippen molar-refractivity contribution < 1.29 is 9.13 Å². The first kappa shape index (κ1) is 14.5. The Morgan fingerprint density at radius 2 is 1.73 bits per heavy atom. The minimum Gasteiger partial charge on any atom is -0.489 e. The zero-order valence-corrected chi connectivity index (χ0v) is 12.4. The number of ether oxygens (including phenoxy) is 1. The Morgan fingerprint density at radius 3 is 2.45 bits per heavy atom. The summed E-state index contributed by atoms with van der Waals surface area (Å²) in [5.41, 5.74) is 2.18. The van der Waals surface area contributed by atoms with Gasteiger partial charge in [-0.3, -0.25) is 0 Å². The smallest absolute Gasteiger partial charge is 0.220 e. The largest absolute Gasteiger partial charge is 0.489 e. The average molecular weight is 314 g/mol. The zero-order valence-electron chi connectivity index (χ0n) is 11.7. The van der Waals surface area contributed by atoms with Crippen LogP contribution >= 0.6 is 11.6 Å². The lowest BCUT2D eigenvalue weighted by molar-refractivity contribution is 0.306. The fourth-order valence-corrected chi connectivity index (χ4v) is 2.25. The van der Waals surface area contributed by atoms with Crippen molar-refractivity contribution in [3.05, 3.63) is 83.4 Å². The number of pyridine rings is 1. The molecule has 4 heteroatoms. The van der Waals surface area contributed by atoms with E-state index in [0.29, 0.717) is 22.8 Å². The van der Waals surface area contributed by atoms with Gasteiger partial charge in [-0.25, -0.2) is 4.98 Å². The molecule has 0 saturated heterocycles. The Bertz CT molecular complexity index is 760. The number of hydrogen-bond acceptors (Lipinski definition) is 2. The average Bonchev–Trinajstić information content (AvgIpc) is 2.57. The number of rotatable bonds is 4. The van der Waals surface area contributed by atoms with Crippen molar-refractivity contribution in [2.24, 2.45) is 0 Å². The van der Waals surface area contributed by atoms with Crippen LogP contribution in [0.2, 0.25) is 5.02 Å². The highest BCUT2D eigenvalue weighted by Gasteiger charge is 2.07. The highest BCUT2D eigenvalue weighted by Crippen LogP contribution is 2.26. The normalized spacial score (nSPS) is 10.5. The number of nitrogens with zero attached hydrogens (tertiary/aromatic N) is 1. The van der Waals surface area contributed by atoms with E-state index in [1.54, 1.807) is 30.3 Å². The van der Waals surface area contributed by atoms with Crippen molar-refractivity contribution in [1.82, 2.24) is 4.98 Å². The summed E-state index contributed by atoms with van der Waals surface area (Å²) in [7, 11) is 0. The molecule has 1 aromatic heterocycles. The maximum absolute atomic E-state index is 13.7. The molecule has 0 bridgehead atoms. The third-order valence-corrected chi connectivity index (χ3v) is 3.43. The van der Waals surface area contributed by atoms with Crippen LogP contribution in [0.25, 0.3) is 11.1 Å². The van der Waals surface area contributed by atoms with Gasteiger partial charge in [-0.2, -0.15) is 4.39 Å². The highest BCUT2D eigenvalue weighted by molar-refractivity contribution is 6.30. The predicted molar refractivity (Wildman–Crippen MR) is 85.4 cm³/mol. The van der Waals surface area contributed by atoms with Crippen LogP contribution < -0.4 is 4.74 Å². The molecule has 0 spiro atoms. The molecular weight excluding hydrogens is 301 g/mol. The maximum Gasteiger partial charge on any atom is 0.220 e. The van der Waals surface area contributed by atoms with Gasteiger partial charge in [0.05, 0.1) is 5.02 Å². The van der Waals surface area contributed by atoms with Gasteiger partial charge in [-0.15, -0.1) is 0 Å². The summed E-state index contributed by atoms with van der Waals surface area (Å²) >= 11 is 5.86. The Morgan fingerprint density at radius 1 is 1.00 bits per heavy atom. The minimum absolute atomic E-state index is 0.377. The summed E-state index contributed by atoms with van der Waals surface area (Å²) in [6, 6.07) is 18.6. The second-order valence-corrected chi connectivity index (χ2v) is 5.23. The first-order valence-electron chi connectivity index (χ1n) is 6.80. The SMILES string of the molecule is Fc1ncc(Cl)cc1-c1ccc(OCc2ccccc2)cc1. The van der Waals surface area contributed by atoms with Crippen LogP contribution in [0.15, 0.2) is 66.9 Å². The summed E-state index contributed by atoms with van der Waals surface area (Å²) in [5, 5.41) is 0.404. The van der Waals surface area contributed by atoms with E-state index in [1.807, 2.05) is 30.3 Å². The lowest BCUT2D eigenvalue weighted by atomic mass is 10.1. The lowest BCUT2D eigenvalue weighted by Gasteiger charge is -2.08. The molecule has 3 aromatic rings. The summed E-state index contributed by atoms with van der Waals surface area (Å²) in [5.74, 6) is 0.186.